The Balaban J connectivity index is 1.67. The van der Waals surface area contributed by atoms with E-state index in [4.69, 9.17) is 10.5 Å². The highest BCUT2D eigenvalue weighted by Gasteiger charge is 2.29. The van der Waals surface area contributed by atoms with E-state index >= 15 is 0 Å². The first-order valence-electron chi connectivity index (χ1n) is 6.46. The van der Waals surface area contributed by atoms with Gasteiger partial charge in [-0.1, -0.05) is 0 Å². The van der Waals surface area contributed by atoms with Gasteiger partial charge in [-0.25, -0.2) is 9.97 Å². The standard InChI is InChI=1S/C12H16N6O2/c1-18-12-8(5-17-18)11(15-6-16-12)14-4-7-2-3-9(20-7)10(13)19/h5-7,9H,2-4H2,1H3,(H2,13,19)(H,14,15,16). The van der Waals surface area contributed by atoms with E-state index in [0.717, 1.165) is 17.5 Å². The number of nitrogens with two attached hydrogens (primary N) is 1. The lowest BCUT2D eigenvalue weighted by Crippen LogP contribution is -2.30. The van der Waals surface area contributed by atoms with Gasteiger partial charge in [0.05, 0.1) is 17.7 Å². The molecule has 8 nitrogen and oxygen atoms in total. The van der Waals surface area contributed by atoms with Crippen molar-refractivity contribution in [3.8, 4) is 0 Å². The lowest BCUT2D eigenvalue weighted by atomic mass is 10.2. The SMILES string of the molecule is Cn1ncc2c(NCC3CCC(C(N)=O)O3)ncnc21. The predicted molar refractivity (Wildman–Crippen MR) is 71.9 cm³/mol. The molecule has 1 fully saturated rings. The number of carbonyl (C=O) groups is 1. The molecule has 1 amide bonds. The van der Waals surface area contributed by atoms with E-state index in [1.165, 1.54) is 6.33 Å². The van der Waals surface area contributed by atoms with E-state index < -0.39 is 12.0 Å². The molecule has 3 rings (SSSR count). The van der Waals surface area contributed by atoms with Crippen LogP contribution in [-0.4, -0.2) is 44.4 Å². The molecule has 3 heterocycles. The molecule has 2 unspecified atom stereocenters. The summed E-state index contributed by atoms with van der Waals surface area (Å²) in [5.74, 6) is 0.318. The van der Waals surface area contributed by atoms with Crippen LogP contribution in [0, 0.1) is 0 Å². The van der Waals surface area contributed by atoms with Gasteiger partial charge in [0, 0.05) is 13.6 Å². The van der Waals surface area contributed by atoms with Crippen molar-refractivity contribution in [1.82, 2.24) is 19.7 Å². The summed E-state index contributed by atoms with van der Waals surface area (Å²) < 4.78 is 7.25. The Morgan fingerprint density at radius 2 is 2.40 bits per heavy atom. The van der Waals surface area contributed by atoms with Gasteiger partial charge >= 0.3 is 0 Å². The molecule has 2 aromatic heterocycles. The molecule has 1 saturated heterocycles. The van der Waals surface area contributed by atoms with E-state index in [1.54, 1.807) is 10.9 Å². The number of hydrogen-bond acceptors (Lipinski definition) is 6. The molecule has 2 aromatic rings. The van der Waals surface area contributed by atoms with Gasteiger partial charge in [-0.3, -0.25) is 9.48 Å². The van der Waals surface area contributed by atoms with Gasteiger partial charge in [0.15, 0.2) is 5.65 Å². The number of fused-ring (bicyclic) bond motifs is 1. The Labute approximate surface area is 115 Å². The van der Waals surface area contributed by atoms with Crippen molar-refractivity contribution in [1.29, 1.82) is 0 Å². The van der Waals surface area contributed by atoms with Crippen LogP contribution in [0.5, 0.6) is 0 Å². The smallest absolute Gasteiger partial charge is 0.246 e. The van der Waals surface area contributed by atoms with Crippen LogP contribution in [-0.2, 0) is 16.6 Å². The number of rotatable bonds is 4. The molecule has 1 aliphatic heterocycles. The number of hydrogen-bond donors (Lipinski definition) is 2. The van der Waals surface area contributed by atoms with Gasteiger partial charge in [0.1, 0.15) is 18.2 Å². The third kappa shape index (κ3) is 2.29. The van der Waals surface area contributed by atoms with Crippen molar-refractivity contribution in [3.63, 3.8) is 0 Å². The maximum atomic E-state index is 11.0. The Morgan fingerprint density at radius 1 is 1.55 bits per heavy atom. The van der Waals surface area contributed by atoms with Crippen LogP contribution in [0.15, 0.2) is 12.5 Å². The molecule has 0 bridgehead atoms. The fraction of sp³-hybridized carbons (Fsp3) is 0.500. The minimum absolute atomic E-state index is 0.0332. The number of nitrogens with one attached hydrogen (secondary N) is 1. The molecule has 0 saturated carbocycles. The van der Waals surface area contributed by atoms with Crippen molar-refractivity contribution in [3.05, 3.63) is 12.5 Å². The van der Waals surface area contributed by atoms with Gasteiger partial charge in [0.25, 0.3) is 0 Å². The normalized spacial score (nSPS) is 22.2. The van der Waals surface area contributed by atoms with Gasteiger partial charge in [-0.15, -0.1) is 0 Å². The molecular formula is C12H16N6O2. The molecule has 20 heavy (non-hydrogen) atoms. The fourth-order valence-electron chi connectivity index (χ4n) is 2.38. The maximum absolute atomic E-state index is 11.0. The minimum atomic E-state index is -0.467. The molecule has 8 heteroatoms. The van der Waals surface area contributed by atoms with Crippen molar-refractivity contribution in [2.24, 2.45) is 12.8 Å². The predicted octanol–water partition coefficient (Wildman–Crippen LogP) is -0.192. The van der Waals surface area contributed by atoms with Crippen LogP contribution in [0.4, 0.5) is 5.82 Å². The molecule has 106 valence electrons. The van der Waals surface area contributed by atoms with Crippen LogP contribution in [0.3, 0.4) is 0 Å². The van der Waals surface area contributed by atoms with E-state index in [-0.39, 0.29) is 6.10 Å². The first-order valence-corrected chi connectivity index (χ1v) is 6.46. The quantitative estimate of drug-likeness (QED) is 0.801. The molecule has 1 aliphatic rings. The number of carbonyl (C=O) groups excluding carboxylic acids is 1. The highest BCUT2D eigenvalue weighted by Crippen LogP contribution is 2.22. The van der Waals surface area contributed by atoms with Crippen LogP contribution in [0.1, 0.15) is 12.8 Å². The lowest BCUT2D eigenvalue weighted by molar-refractivity contribution is -0.128. The number of nitrogens with zero attached hydrogens (tertiary/aromatic N) is 4. The van der Waals surface area contributed by atoms with Crippen LogP contribution < -0.4 is 11.1 Å². The van der Waals surface area contributed by atoms with E-state index in [1.807, 2.05) is 7.05 Å². The molecular weight excluding hydrogens is 260 g/mol. The van der Waals surface area contributed by atoms with Gasteiger partial charge in [0.2, 0.25) is 5.91 Å². The van der Waals surface area contributed by atoms with E-state index in [0.29, 0.717) is 18.8 Å². The largest absolute Gasteiger partial charge is 0.367 e. The average Bonchev–Trinajstić information content (AvgIpc) is 3.04. The summed E-state index contributed by atoms with van der Waals surface area (Å²) >= 11 is 0. The summed E-state index contributed by atoms with van der Waals surface area (Å²) in [5, 5.41) is 8.23. The number of aromatic nitrogens is 4. The number of ether oxygens (including phenoxy) is 1. The average molecular weight is 276 g/mol. The maximum Gasteiger partial charge on any atom is 0.246 e. The first-order chi connectivity index (χ1) is 9.65. The van der Waals surface area contributed by atoms with Crippen molar-refractivity contribution in [2.45, 2.75) is 25.0 Å². The van der Waals surface area contributed by atoms with Gasteiger partial charge in [-0.05, 0) is 12.8 Å². The Morgan fingerprint density at radius 3 is 3.15 bits per heavy atom. The Hall–Kier alpha value is -2.22. The van der Waals surface area contributed by atoms with Crippen molar-refractivity contribution >= 4 is 22.8 Å². The van der Waals surface area contributed by atoms with Crippen LogP contribution in [0.25, 0.3) is 11.0 Å². The third-order valence-corrected chi connectivity index (χ3v) is 3.45. The summed E-state index contributed by atoms with van der Waals surface area (Å²) in [5.41, 5.74) is 6.00. The topological polar surface area (TPSA) is 108 Å². The molecule has 0 aliphatic carbocycles. The highest BCUT2D eigenvalue weighted by molar-refractivity contribution is 5.86. The zero-order valence-electron chi connectivity index (χ0n) is 11.1. The monoisotopic (exact) mass is 276 g/mol. The van der Waals surface area contributed by atoms with Crippen molar-refractivity contribution in [2.75, 3.05) is 11.9 Å². The second-order valence-corrected chi connectivity index (χ2v) is 4.84. The number of amides is 1. The second-order valence-electron chi connectivity index (χ2n) is 4.84. The Bertz CT molecular complexity index is 640. The number of aryl methyl sites for hydroxylation is 1. The summed E-state index contributed by atoms with van der Waals surface area (Å²) in [6.45, 7) is 0.574. The minimum Gasteiger partial charge on any atom is -0.367 e. The summed E-state index contributed by atoms with van der Waals surface area (Å²) in [4.78, 5) is 19.4. The summed E-state index contributed by atoms with van der Waals surface area (Å²) in [7, 11) is 1.83. The zero-order chi connectivity index (χ0) is 14.1. The van der Waals surface area contributed by atoms with E-state index in [9.17, 15) is 4.79 Å². The number of primary amides is 1. The Kier molecular flexibility index (Phi) is 3.23. The second kappa shape index (κ2) is 5.04. The zero-order valence-corrected chi connectivity index (χ0v) is 11.1. The van der Waals surface area contributed by atoms with Gasteiger partial charge in [-0.2, -0.15) is 5.10 Å². The third-order valence-electron chi connectivity index (χ3n) is 3.45. The van der Waals surface area contributed by atoms with Gasteiger partial charge < -0.3 is 15.8 Å². The van der Waals surface area contributed by atoms with E-state index in [2.05, 4.69) is 20.4 Å². The van der Waals surface area contributed by atoms with Crippen LogP contribution in [0.2, 0.25) is 0 Å². The van der Waals surface area contributed by atoms with Crippen LogP contribution >= 0.6 is 0 Å². The molecule has 2 atom stereocenters. The highest BCUT2D eigenvalue weighted by atomic mass is 16.5. The first kappa shape index (κ1) is 12.8. The molecule has 3 N–H and O–H groups in total. The summed E-state index contributed by atoms with van der Waals surface area (Å²) in [6.07, 6.45) is 4.20. The molecule has 0 spiro atoms. The fourth-order valence-corrected chi connectivity index (χ4v) is 2.38. The lowest BCUT2D eigenvalue weighted by Gasteiger charge is -2.13. The molecule has 0 radical (unpaired) electrons. The molecule has 0 aromatic carbocycles. The number of anilines is 1. The summed E-state index contributed by atoms with van der Waals surface area (Å²) in [6, 6.07) is 0. The van der Waals surface area contributed by atoms with Crippen molar-refractivity contribution < 1.29 is 9.53 Å².